The second-order valence-corrected chi connectivity index (χ2v) is 5.55. The van der Waals surface area contributed by atoms with Gasteiger partial charge in [-0.2, -0.15) is 0 Å². The van der Waals surface area contributed by atoms with Gasteiger partial charge in [-0.25, -0.2) is 0 Å². The molecule has 1 fully saturated rings. The molecule has 1 aromatic carbocycles. The van der Waals surface area contributed by atoms with E-state index in [0.29, 0.717) is 6.61 Å². The number of nitrogens with one attached hydrogen (secondary N) is 1. The molecule has 0 radical (unpaired) electrons. The Balaban J connectivity index is 1.83. The summed E-state index contributed by atoms with van der Waals surface area (Å²) in [7, 11) is 0. The average Bonchev–Trinajstić information content (AvgIpc) is 2.36. The lowest BCUT2D eigenvalue weighted by molar-refractivity contribution is 0.000947. The van der Waals surface area contributed by atoms with Crippen molar-refractivity contribution in [1.82, 2.24) is 5.32 Å². The molecule has 1 unspecified atom stereocenters. The molecule has 1 aliphatic heterocycles. The van der Waals surface area contributed by atoms with Crippen LogP contribution in [0, 0.1) is 0 Å². The summed E-state index contributed by atoms with van der Waals surface area (Å²) in [5.41, 5.74) is 1.38. The molecule has 1 atom stereocenters. The Hall–Kier alpha value is -1.06. The monoisotopic (exact) mass is 249 g/mol. The molecule has 3 heteroatoms. The quantitative estimate of drug-likeness (QED) is 0.889. The van der Waals surface area contributed by atoms with Gasteiger partial charge in [-0.15, -0.1) is 0 Å². The highest BCUT2D eigenvalue weighted by atomic mass is 16.5. The van der Waals surface area contributed by atoms with Crippen LogP contribution in [0.25, 0.3) is 0 Å². The fourth-order valence-electron chi connectivity index (χ4n) is 2.20. The van der Waals surface area contributed by atoms with E-state index >= 15 is 0 Å². The molecule has 0 aromatic heterocycles. The first kappa shape index (κ1) is 13.4. The van der Waals surface area contributed by atoms with Crippen LogP contribution in [0.2, 0.25) is 0 Å². The highest BCUT2D eigenvalue weighted by Gasteiger charge is 2.27. The van der Waals surface area contributed by atoms with E-state index in [9.17, 15) is 0 Å². The minimum absolute atomic E-state index is 0.0400. The summed E-state index contributed by atoms with van der Waals surface area (Å²) in [4.78, 5) is 0. The van der Waals surface area contributed by atoms with Crippen LogP contribution >= 0.6 is 0 Å². The van der Waals surface area contributed by atoms with E-state index in [1.54, 1.807) is 0 Å². The van der Waals surface area contributed by atoms with E-state index < -0.39 is 0 Å². The number of benzene rings is 1. The van der Waals surface area contributed by atoms with E-state index in [-0.39, 0.29) is 11.6 Å². The zero-order valence-electron chi connectivity index (χ0n) is 11.5. The van der Waals surface area contributed by atoms with E-state index in [1.807, 2.05) is 12.1 Å². The Morgan fingerprint density at radius 2 is 2.06 bits per heavy atom. The first-order chi connectivity index (χ1) is 8.59. The van der Waals surface area contributed by atoms with Crippen LogP contribution in [-0.2, 0) is 11.2 Å². The van der Waals surface area contributed by atoms with E-state index in [2.05, 4.69) is 38.2 Å². The third-order valence-corrected chi connectivity index (χ3v) is 3.16. The number of ether oxygens (including phenoxy) is 2. The molecule has 1 saturated heterocycles. The maximum Gasteiger partial charge on any atom is 0.119 e. The molecule has 3 nitrogen and oxygen atoms in total. The largest absolute Gasteiger partial charge is 0.492 e. The van der Waals surface area contributed by atoms with Crippen molar-refractivity contribution in [1.29, 1.82) is 0 Å². The number of aryl methyl sites for hydroxylation is 1. The number of hydrogen-bond acceptors (Lipinski definition) is 3. The molecule has 100 valence electrons. The van der Waals surface area contributed by atoms with Gasteiger partial charge in [0.15, 0.2) is 0 Å². The van der Waals surface area contributed by atoms with Gasteiger partial charge in [0.05, 0.1) is 19.3 Å². The third kappa shape index (κ3) is 3.72. The first-order valence-corrected chi connectivity index (χ1v) is 6.66. The average molecular weight is 249 g/mol. The lowest BCUT2D eigenvalue weighted by atomic mass is 10.0. The SMILES string of the molecule is CCc1ccc(OCC2COCC(C)(C)N2)cc1. The maximum atomic E-state index is 5.80. The molecule has 18 heavy (non-hydrogen) atoms. The fraction of sp³-hybridized carbons (Fsp3) is 0.600. The van der Waals surface area contributed by atoms with Crippen LogP contribution in [0.5, 0.6) is 5.75 Å². The summed E-state index contributed by atoms with van der Waals surface area (Å²) in [5.74, 6) is 0.928. The molecular formula is C15H23NO2. The molecule has 0 amide bonds. The Bertz CT molecular complexity index is 373. The fourth-order valence-corrected chi connectivity index (χ4v) is 2.20. The number of hydrogen-bond donors (Lipinski definition) is 1. The predicted octanol–water partition coefficient (Wildman–Crippen LogP) is 2.39. The predicted molar refractivity (Wildman–Crippen MR) is 73.1 cm³/mol. The Morgan fingerprint density at radius 1 is 1.33 bits per heavy atom. The van der Waals surface area contributed by atoms with E-state index in [1.165, 1.54) is 5.56 Å². The van der Waals surface area contributed by atoms with Crippen molar-refractivity contribution < 1.29 is 9.47 Å². The standard InChI is InChI=1S/C15H23NO2/c1-4-12-5-7-14(8-6-12)18-10-13-9-17-11-15(2,3)16-13/h5-8,13,16H,4,9-11H2,1-3H3. The first-order valence-electron chi connectivity index (χ1n) is 6.66. The molecule has 0 spiro atoms. The second kappa shape index (κ2) is 5.72. The molecule has 0 saturated carbocycles. The third-order valence-electron chi connectivity index (χ3n) is 3.16. The van der Waals surface area contributed by atoms with Crippen molar-refractivity contribution in [2.24, 2.45) is 0 Å². The normalized spacial score (nSPS) is 22.7. The van der Waals surface area contributed by atoms with E-state index in [4.69, 9.17) is 9.47 Å². The van der Waals surface area contributed by atoms with Crippen LogP contribution in [-0.4, -0.2) is 31.4 Å². The van der Waals surface area contributed by atoms with Crippen LogP contribution in [0.15, 0.2) is 24.3 Å². The van der Waals surface area contributed by atoms with Gasteiger partial charge in [-0.3, -0.25) is 0 Å². The Morgan fingerprint density at radius 3 is 2.67 bits per heavy atom. The molecule has 1 N–H and O–H groups in total. The summed E-state index contributed by atoms with van der Waals surface area (Å²) in [5, 5.41) is 3.54. The summed E-state index contributed by atoms with van der Waals surface area (Å²) < 4.78 is 11.4. The molecule has 1 heterocycles. The van der Waals surface area contributed by atoms with Crippen molar-refractivity contribution in [3.8, 4) is 5.75 Å². The summed E-state index contributed by atoms with van der Waals surface area (Å²) in [6, 6.07) is 8.56. The molecular weight excluding hydrogens is 226 g/mol. The molecule has 0 bridgehead atoms. The molecule has 1 aromatic rings. The molecule has 2 rings (SSSR count). The van der Waals surface area contributed by atoms with Gasteiger partial charge in [0.2, 0.25) is 0 Å². The summed E-state index contributed by atoms with van der Waals surface area (Å²) in [6.45, 7) is 8.58. The van der Waals surface area contributed by atoms with Crippen molar-refractivity contribution in [2.75, 3.05) is 19.8 Å². The maximum absolute atomic E-state index is 5.80. The van der Waals surface area contributed by atoms with Crippen LogP contribution in [0.1, 0.15) is 26.3 Å². The summed E-state index contributed by atoms with van der Waals surface area (Å²) in [6.07, 6.45) is 1.06. The zero-order valence-corrected chi connectivity index (χ0v) is 11.5. The van der Waals surface area contributed by atoms with Gasteiger partial charge in [0, 0.05) is 5.54 Å². The minimum atomic E-state index is 0.0400. The lowest BCUT2D eigenvalue weighted by Crippen LogP contribution is -2.57. The van der Waals surface area contributed by atoms with Crippen LogP contribution < -0.4 is 10.1 Å². The second-order valence-electron chi connectivity index (χ2n) is 5.55. The minimum Gasteiger partial charge on any atom is -0.492 e. The van der Waals surface area contributed by atoms with Crippen molar-refractivity contribution in [3.63, 3.8) is 0 Å². The van der Waals surface area contributed by atoms with Gasteiger partial charge in [-0.1, -0.05) is 19.1 Å². The number of morpholine rings is 1. The molecule has 0 aliphatic carbocycles. The smallest absolute Gasteiger partial charge is 0.119 e. The van der Waals surface area contributed by atoms with Gasteiger partial charge >= 0.3 is 0 Å². The van der Waals surface area contributed by atoms with Gasteiger partial charge in [0.1, 0.15) is 12.4 Å². The highest BCUT2D eigenvalue weighted by molar-refractivity contribution is 5.27. The zero-order chi connectivity index (χ0) is 13.0. The highest BCUT2D eigenvalue weighted by Crippen LogP contribution is 2.15. The van der Waals surface area contributed by atoms with Gasteiger partial charge in [0.25, 0.3) is 0 Å². The number of rotatable bonds is 4. The summed E-state index contributed by atoms with van der Waals surface area (Å²) >= 11 is 0. The van der Waals surface area contributed by atoms with Crippen LogP contribution in [0.3, 0.4) is 0 Å². The van der Waals surface area contributed by atoms with Gasteiger partial charge < -0.3 is 14.8 Å². The van der Waals surface area contributed by atoms with Crippen molar-refractivity contribution in [3.05, 3.63) is 29.8 Å². The van der Waals surface area contributed by atoms with Crippen LogP contribution in [0.4, 0.5) is 0 Å². The van der Waals surface area contributed by atoms with Crippen molar-refractivity contribution in [2.45, 2.75) is 38.8 Å². The van der Waals surface area contributed by atoms with E-state index in [0.717, 1.165) is 25.4 Å². The lowest BCUT2D eigenvalue weighted by Gasteiger charge is -2.36. The van der Waals surface area contributed by atoms with Crippen molar-refractivity contribution >= 4 is 0 Å². The Kier molecular flexibility index (Phi) is 4.25. The topological polar surface area (TPSA) is 30.5 Å². The van der Waals surface area contributed by atoms with Gasteiger partial charge in [-0.05, 0) is 38.0 Å². The molecule has 1 aliphatic rings. The Labute approximate surface area is 109 Å².